The summed E-state index contributed by atoms with van der Waals surface area (Å²) < 4.78 is 17.2. The molecule has 2 aliphatic heterocycles. The number of aliphatic hydroxyl groups excluding tert-OH is 2. The summed E-state index contributed by atoms with van der Waals surface area (Å²) in [5.74, 6) is -0.704. The molecule has 2 fully saturated rings. The maximum Gasteiger partial charge on any atom is 0.188 e. The minimum Gasteiger partial charge on any atom is -0.390 e. The van der Waals surface area contributed by atoms with Crippen LogP contribution in [0, 0.1) is 0 Å². The van der Waals surface area contributed by atoms with E-state index < -0.39 is 29.9 Å². The van der Waals surface area contributed by atoms with Gasteiger partial charge in [0.25, 0.3) is 0 Å². The minimum absolute atomic E-state index is 0.302. The number of fused-ring (bicyclic) bond motifs is 1. The average molecular weight is 270 g/mol. The number of aliphatic hydroxyl groups is 2. The van der Waals surface area contributed by atoms with Crippen molar-refractivity contribution < 1.29 is 24.4 Å². The summed E-state index contributed by atoms with van der Waals surface area (Å²) in [4.78, 5) is 0. The van der Waals surface area contributed by atoms with Gasteiger partial charge in [0.2, 0.25) is 0 Å². The fourth-order valence-electron chi connectivity index (χ4n) is 2.78. The van der Waals surface area contributed by atoms with E-state index >= 15 is 0 Å². The third-order valence-electron chi connectivity index (χ3n) is 3.67. The van der Waals surface area contributed by atoms with Gasteiger partial charge in [0.15, 0.2) is 12.1 Å². The molecule has 108 valence electrons. The first kappa shape index (κ1) is 14.7. The van der Waals surface area contributed by atoms with E-state index in [1.165, 1.54) is 6.08 Å². The van der Waals surface area contributed by atoms with Crippen molar-refractivity contribution in [3.05, 3.63) is 25.3 Å². The van der Waals surface area contributed by atoms with Crippen LogP contribution in [0.5, 0.6) is 0 Å². The van der Waals surface area contributed by atoms with E-state index in [9.17, 15) is 10.2 Å². The molecule has 2 N–H and O–H groups in total. The quantitative estimate of drug-likeness (QED) is 0.732. The van der Waals surface area contributed by atoms with Crippen molar-refractivity contribution >= 4 is 0 Å². The molecule has 2 saturated heterocycles. The lowest BCUT2D eigenvalue weighted by atomic mass is 9.85. The molecule has 2 heterocycles. The van der Waals surface area contributed by atoms with Crippen LogP contribution >= 0.6 is 0 Å². The van der Waals surface area contributed by atoms with Crippen LogP contribution < -0.4 is 0 Å². The Balaban J connectivity index is 2.20. The molecule has 0 aromatic heterocycles. The maximum atomic E-state index is 10.3. The van der Waals surface area contributed by atoms with Crippen LogP contribution in [0.1, 0.15) is 26.7 Å². The van der Waals surface area contributed by atoms with Crippen LogP contribution in [-0.2, 0) is 14.2 Å². The van der Waals surface area contributed by atoms with Crippen molar-refractivity contribution in [2.75, 3.05) is 0 Å². The summed E-state index contributed by atoms with van der Waals surface area (Å²) in [6, 6.07) is 0. The van der Waals surface area contributed by atoms with Crippen LogP contribution in [0.3, 0.4) is 0 Å². The van der Waals surface area contributed by atoms with Crippen molar-refractivity contribution in [3.8, 4) is 0 Å². The number of ether oxygens (including phenoxy) is 3. The molecule has 5 atom stereocenters. The van der Waals surface area contributed by atoms with E-state index in [4.69, 9.17) is 14.2 Å². The topological polar surface area (TPSA) is 68.2 Å². The Labute approximate surface area is 113 Å². The Bertz CT molecular complexity index is 349. The first-order valence-electron chi connectivity index (χ1n) is 6.47. The molecule has 5 heteroatoms. The lowest BCUT2D eigenvalue weighted by Gasteiger charge is -2.37. The monoisotopic (exact) mass is 270 g/mol. The standard InChI is InChI=1S/C14H22O5/c1-5-7-11(16)14(10(15)6-2)8-9-12(19-14)18-13(3,4)17-9/h5-6,9-12,15-16H,1-2,7-8H2,3-4H3. The van der Waals surface area contributed by atoms with E-state index in [1.54, 1.807) is 19.9 Å². The van der Waals surface area contributed by atoms with Crippen molar-refractivity contribution in [3.63, 3.8) is 0 Å². The third-order valence-corrected chi connectivity index (χ3v) is 3.67. The van der Waals surface area contributed by atoms with Gasteiger partial charge in [-0.1, -0.05) is 12.2 Å². The molecule has 5 unspecified atom stereocenters. The van der Waals surface area contributed by atoms with E-state index in [1.807, 2.05) is 0 Å². The lowest BCUT2D eigenvalue weighted by molar-refractivity contribution is -0.256. The molecule has 0 amide bonds. The summed E-state index contributed by atoms with van der Waals surface area (Å²) >= 11 is 0. The third kappa shape index (κ3) is 2.49. The molecule has 0 aromatic carbocycles. The zero-order valence-electron chi connectivity index (χ0n) is 11.4. The van der Waals surface area contributed by atoms with Gasteiger partial charge in [0.1, 0.15) is 17.8 Å². The second-order valence-corrected chi connectivity index (χ2v) is 5.54. The Morgan fingerprint density at radius 3 is 2.47 bits per heavy atom. The van der Waals surface area contributed by atoms with E-state index in [0.717, 1.165) is 0 Å². The van der Waals surface area contributed by atoms with Crippen LogP contribution in [0.15, 0.2) is 25.3 Å². The van der Waals surface area contributed by atoms with Crippen molar-refractivity contribution in [1.82, 2.24) is 0 Å². The predicted molar refractivity (Wildman–Crippen MR) is 69.3 cm³/mol. The fraction of sp³-hybridized carbons (Fsp3) is 0.714. The normalized spacial score (nSPS) is 39.6. The summed E-state index contributed by atoms with van der Waals surface area (Å²) in [5, 5.41) is 20.4. The summed E-state index contributed by atoms with van der Waals surface area (Å²) in [5.41, 5.74) is -1.15. The van der Waals surface area contributed by atoms with Gasteiger partial charge in [-0.15, -0.1) is 13.2 Å². The first-order chi connectivity index (χ1) is 8.84. The second-order valence-electron chi connectivity index (χ2n) is 5.54. The van der Waals surface area contributed by atoms with Gasteiger partial charge in [-0.05, 0) is 20.3 Å². The molecule has 0 aliphatic carbocycles. The summed E-state index contributed by atoms with van der Waals surface area (Å²) in [7, 11) is 0. The summed E-state index contributed by atoms with van der Waals surface area (Å²) in [6.45, 7) is 10.8. The highest BCUT2D eigenvalue weighted by Crippen LogP contribution is 2.45. The van der Waals surface area contributed by atoms with Crippen LogP contribution in [0.25, 0.3) is 0 Å². The van der Waals surface area contributed by atoms with Gasteiger partial charge < -0.3 is 24.4 Å². The molecular weight excluding hydrogens is 248 g/mol. The molecule has 0 bridgehead atoms. The predicted octanol–water partition coefficient (Wildman–Crippen LogP) is 1.11. The lowest BCUT2D eigenvalue weighted by Crippen LogP contribution is -2.52. The molecule has 2 rings (SSSR count). The number of hydrogen-bond donors (Lipinski definition) is 2. The Kier molecular flexibility index (Phi) is 3.86. The van der Waals surface area contributed by atoms with E-state index in [0.29, 0.717) is 12.8 Å². The van der Waals surface area contributed by atoms with Crippen LogP contribution in [0.2, 0.25) is 0 Å². The zero-order valence-corrected chi connectivity index (χ0v) is 11.4. The van der Waals surface area contributed by atoms with E-state index in [2.05, 4.69) is 13.2 Å². The molecule has 0 aromatic rings. The van der Waals surface area contributed by atoms with Gasteiger partial charge >= 0.3 is 0 Å². The second kappa shape index (κ2) is 5.00. The molecule has 0 saturated carbocycles. The van der Waals surface area contributed by atoms with Gasteiger partial charge in [-0.2, -0.15) is 0 Å². The highest BCUT2D eigenvalue weighted by atomic mass is 16.8. The fourth-order valence-corrected chi connectivity index (χ4v) is 2.78. The molecule has 0 spiro atoms. The number of hydrogen-bond acceptors (Lipinski definition) is 5. The van der Waals surface area contributed by atoms with Gasteiger partial charge in [0, 0.05) is 6.42 Å². The Morgan fingerprint density at radius 2 is 1.95 bits per heavy atom. The zero-order chi connectivity index (χ0) is 14.3. The van der Waals surface area contributed by atoms with Gasteiger partial charge in [-0.3, -0.25) is 0 Å². The first-order valence-corrected chi connectivity index (χ1v) is 6.47. The minimum atomic E-state index is -1.15. The highest BCUT2D eigenvalue weighted by molar-refractivity contribution is 5.09. The van der Waals surface area contributed by atoms with Gasteiger partial charge in [-0.25, -0.2) is 0 Å². The van der Waals surface area contributed by atoms with Crippen molar-refractivity contribution in [2.24, 2.45) is 0 Å². The van der Waals surface area contributed by atoms with E-state index in [-0.39, 0.29) is 6.10 Å². The Hall–Kier alpha value is -0.720. The van der Waals surface area contributed by atoms with Crippen molar-refractivity contribution in [2.45, 2.75) is 62.7 Å². The number of rotatable bonds is 5. The Morgan fingerprint density at radius 1 is 1.26 bits per heavy atom. The smallest absolute Gasteiger partial charge is 0.188 e. The molecule has 5 nitrogen and oxygen atoms in total. The largest absolute Gasteiger partial charge is 0.390 e. The summed E-state index contributed by atoms with van der Waals surface area (Å²) in [6.07, 6.45) is 0.844. The van der Waals surface area contributed by atoms with Crippen LogP contribution in [-0.4, -0.2) is 46.2 Å². The highest BCUT2D eigenvalue weighted by Gasteiger charge is 2.59. The molecule has 2 aliphatic rings. The SMILES string of the molecule is C=CCC(O)C1(C(O)C=C)CC2OC(C)(C)OC2O1. The van der Waals surface area contributed by atoms with Gasteiger partial charge in [0.05, 0.1) is 6.10 Å². The molecular formula is C14H22O5. The maximum absolute atomic E-state index is 10.3. The molecule has 19 heavy (non-hydrogen) atoms. The van der Waals surface area contributed by atoms with Crippen molar-refractivity contribution in [1.29, 1.82) is 0 Å². The molecule has 0 radical (unpaired) electrons. The van der Waals surface area contributed by atoms with Crippen LogP contribution in [0.4, 0.5) is 0 Å². The average Bonchev–Trinajstić information content (AvgIpc) is 2.79.